The molecule has 9 nitrogen and oxygen atoms in total. The number of nitrogens with one attached hydrogen (secondary N) is 3. The van der Waals surface area contributed by atoms with Crippen molar-refractivity contribution in [2.45, 2.75) is 89.5 Å². The summed E-state index contributed by atoms with van der Waals surface area (Å²) in [5.74, 6) is -0.242. The average molecular weight is 488 g/mol. The summed E-state index contributed by atoms with van der Waals surface area (Å²) in [6.07, 6.45) is 9.76. The highest BCUT2D eigenvalue weighted by Gasteiger charge is 2.18. The highest BCUT2D eigenvalue weighted by Crippen LogP contribution is 2.06. The maximum atomic E-state index is 12.4. The Morgan fingerprint density at radius 2 is 1.09 bits per heavy atom. The highest BCUT2D eigenvalue weighted by molar-refractivity contribution is 5.80. The van der Waals surface area contributed by atoms with Crippen LogP contribution in [0.25, 0.3) is 0 Å². The molecule has 0 spiro atoms. The van der Waals surface area contributed by atoms with Crippen LogP contribution in [0.2, 0.25) is 0 Å². The van der Waals surface area contributed by atoms with Crippen molar-refractivity contribution in [2.75, 3.05) is 54.2 Å². The fraction of sp³-hybridized carbons (Fsp3) is 0.880. The molecule has 0 aromatic carbocycles. The van der Waals surface area contributed by atoms with Gasteiger partial charge in [0.1, 0.15) is 0 Å². The van der Waals surface area contributed by atoms with Crippen LogP contribution >= 0.6 is 0 Å². The molecule has 0 aliphatic carbocycles. The van der Waals surface area contributed by atoms with Crippen molar-refractivity contribution in [2.24, 2.45) is 0 Å². The molecular formula is C25H49N3O6. The zero-order chi connectivity index (χ0) is 25.3. The summed E-state index contributed by atoms with van der Waals surface area (Å²) >= 11 is 0. The van der Waals surface area contributed by atoms with E-state index in [0.29, 0.717) is 32.5 Å². The van der Waals surface area contributed by atoms with Crippen molar-refractivity contribution >= 4 is 17.7 Å². The van der Waals surface area contributed by atoms with E-state index in [0.717, 1.165) is 71.0 Å². The third kappa shape index (κ3) is 22.1. The minimum absolute atomic E-state index is 0.0532. The van der Waals surface area contributed by atoms with E-state index in [9.17, 15) is 14.4 Å². The van der Waals surface area contributed by atoms with Gasteiger partial charge in [-0.05, 0) is 51.4 Å². The summed E-state index contributed by atoms with van der Waals surface area (Å²) in [5, 5.41) is 8.80. The van der Waals surface area contributed by atoms with Crippen molar-refractivity contribution in [3.05, 3.63) is 0 Å². The molecule has 3 N–H and O–H groups in total. The molecule has 3 amide bonds. The molecule has 0 bridgehead atoms. The quantitative estimate of drug-likeness (QED) is 0.180. The molecule has 1 atom stereocenters. The minimum Gasteiger partial charge on any atom is -0.385 e. The number of rotatable bonds is 24. The van der Waals surface area contributed by atoms with Gasteiger partial charge in [-0.1, -0.05) is 12.8 Å². The number of amides is 3. The number of carbonyl (C=O) groups is 3. The van der Waals surface area contributed by atoms with Gasteiger partial charge in [-0.2, -0.15) is 0 Å². The smallest absolute Gasteiger partial charge is 0.222 e. The summed E-state index contributed by atoms with van der Waals surface area (Å²) in [6.45, 7) is 3.37. The Morgan fingerprint density at radius 1 is 0.588 bits per heavy atom. The second kappa shape index (κ2) is 24.4. The van der Waals surface area contributed by atoms with Gasteiger partial charge in [0.05, 0.1) is 0 Å². The minimum atomic E-state index is -0.357. The molecular weight excluding hydrogens is 438 g/mol. The van der Waals surface area contributed by atoms with E-state index >= 15 is 0 Å². The van der Waals surface area contributed by atoms with E-state index in [1.54, 1.807) is 21.3 Å². The zero-order valence-corrected chi connectivity index (χ0v) is 21.8. The molecule has 0 rings (SSSR count). The van der Waals surface area contributed by atoms with Crippen LogP contribution in [0.15, 0.2) is 0 Å². The van der Waals surface area contributed by atoms with Crippen LogP contribution in [0.3, 0.4) is 0 Å². The van der Waals surface area contributed by atoms with Crippen molar-refractivity contribution in [3.63, 3.8) is 0 Å². The lowest BCUT2D eigenvalue weighted by atomic mass is 10.1. The summed E-state index contributed by atoms with van der Waals surface area (Å²) in [5.41, 5.74) is 0. The molecule has 0 aliphatic heterocycles. The summed E-state index contributed by atoms with van der Waals surface area (Å²) in [7, 11) is 5.02. The molecule has 0 aromatic rings. The first kappa shape index (κ1) is 32.3. The van der Waals surface area contributed by atoms with E-state index in [-0.39, 0.29) is 36.6 Å². The van der Waals surface area contributed by atoms with Gasteiger partial charge in [0.15, 0.2) is 0 Å². The van der Waals surface area contributed by atoms with Crippen molar-refractivity contribution in [1.82, 2.24) is 16.0 Å². The largest absolute Gasteiger partial charge is 0.385 e. The molecule has 0 radical (unpaired) electrons. The fourth-order valence-corrected chi connectivity index (χ4v) is 3.48. The van der Waals surface area contributed by atoms with Crippen molar-refractivity contribution in [1.29, 1.82) is 0 Å². The molecule has 0 fully saturated rings. The molecule has 1 unspecified atom stereocenters. The first-order chi connectivity index (χ1) is 16.5. The third-order valence-electron chi connectivity index (χ3n) is 5.46. The second-order valence-electron chi connectivity index (χ2n) is 8.62. The average Bonchev–Trinajstić information content (AvgIpc) is 2.82. The predicted octanol–water partition coefficient (Wildman–Crippen LogP) is 2.71. The van der Waals surface area contributed by atoms with Crippen molar-refractivity contribution in [3.8, 4) is 0 Å². The molecule has 0 aliphatic rings. The zero-order valence-electron chi connectivity index (χ0n) is 21.8. The lowest BCUT2D eigenvalue weighted by Crippen LogP contribution is -2.40. The topological polar surface area (TPSA) is 115 Å². The number of hydrogen-bond acceptors (Lipinski definition) is 6. The number of ether oxygens (including phenoxy) is 3. The number of unbranched alkanes of at least 4 members (excludes halogenated alkanes) is 6. The standard InChI is InChI=1S/C25H49N3O6/c1-32-18-10-5-4-8-17-27-25(31)21-22(28-24(30)13-7-12-20-34-3)14-15-23(29)26-16-9-6-11-19-33-2/h22H,4-21H2,1-3H3,(H,26,29)(H,27,31)(H,28,30). The lowest BCUT2D eigenvalue weighted by Gasteiger charge is -2.19. The SMILES string of the molecule is COCCCCCCNC(=O)CC(CCC(=O)NCCCCCOC)NC(=O)CCCCOC. The Labute approximate surface area is 206 Å². The number of carbonyl (C=O) groups excluding carboxylic acids is 3. The van der Waals surface area contributed by atoms with Crippen LogP contribution in [0, 0.1) is 0 Å². The molecule has 9 heteroatoms. The maximum absolute atomic E-state index is 12.4. The van der Waals surface area contributed by atoms with Gasteiger partial charge in [0.2, 0.25) is 17.7 Å². The highest BCUT2D eigenvalue weighted by atomic mass is 16.5. The van der Waals surface area contributed by atoms with Crippen LogP contribution in [0.5, 0.6) is 0 Å². The van der Waals surface area contributed by atoms with Gasteiger partial charge in [-0.15, -0.1) is 0 Å². The monoisotopic (exact) mass is 487 g/mol. The molecule has 200 valence electrons. The Hall–Kier alpha value is -1.71. The van der Waals surface area contributed by atoms with Gasteiger partial charge >= 0.3 is 0 Å². The Morgan fingerprint density at radius 3 is 1.68 bits per heavy atom. The number of methoxy groups -OCH3 is 3. The first-order valence-electron chi connectivity index (χ1n) is 12.8. The molecule has 0 saturated heterocycles. The van der Waals surface area contributed by atoms with Crippen LogP contribution in [0.4, 0.5) is 0 Å². The van der Waals surface area contributed by atoms with Gasteiger partial charge in [-0.3, -0.25) is 14.4 Å². The van der Waals surface area contributed by atoms with Gasteiger partial charge in [-0.25, -0.2) is 0 Å². The Kier molecular flexibility index (Phi) is 23.2. The van der Waals surface area contributed by atoms with Crippen LogP contribution in [-0.4, -0.2) is 78.0 Å². The van der Waals surface area contributed by atoms with E-state index < -0.39 is 0 Å². The third-order valence-corrected chi connectivity index (χ3v) is 5.46. The fourth-order valence-electron chi connectivity index (χ4n) is 3.48. The first-order valence-corrected chi connectivity index (χ1v) is 12.8. The summed E-state index contributed by atoms with van der Waals surface area (Å²) < 4.78 is 15.1. The maximum Gasteiger partial charge on any atom is 0.222 e. The van der Waals surface area contributed by atoms with Gasteiger partial charge in [0.25, 0.3) is 0 Å². The van der Waals surface area contributed by atoms with E-state index in [1.165, 1.54) is 0 Å². The van der Waals surface area contributed by atoms with Gasteiger partial charge < -0.3 is 30.2 Å². The summed E-state index contributed by atoms with van der Waals surface area (Å²) in [4.78, 5) is 36.9. The molecule has 0 saturated carbocycles. The normalized spacial score (nSPS) is 11.7. The van der Waals surface area contributed by atoms with E-state index in [4.69, 9.17) is 14.2 Å². The molecule has 34 heavy (non-hydrogen) atoms. The van der Waals surface area contributed by atoms with Gasteiger partial charge in [0, 0.05) is 79.5 Å². The summed E-state index contributed by atoms with van der Waals surface area (Å²) in [6, 6.07) is -0.357. The predicted molar refractivity (Wildman–Crippen MR) is 134 cm³/mol. The van der Waals surface area contributed by atoms with E-state index in [2.05, 4.69) is 16.0 Å². The lowest BCUT2D eigenvalue weighted by molar-refractivity contribution is -0.125. The van der Waals surface area contributed by atoms with E-state index in [1.807, 2.05) is 0 Å². The Bertz CT molecular complexity index is 519. The van der Waals surface area contributed by atoms with Crippen LogP contribution in [-0.2, 0) is 28.6 Å². The Balaban J connectivity index is 4.35. The number of hydrogen-bond donors (Lipinski definition) is 3. The molecule has 0 heterocycles. The van der Waals surface area contributed by atoms with Crippen LogP contribution in [0.1, 0.15) is 83.5 Å². The van der Waals surface area contributed by atoms with Crippen LogP contribution < -0.4 is 16.0 Å². The second-order valence-corrected chi connectivity index (χ2v) is 8.62. The van der Waals surface area contributed by atoms with Crippen molar-refractivity contribution < 1.29 is 28.6 Å². The molecule has 0 aromatic heterocycles.